The molecule has 1 aliphatic carbocycles. The first-order valence-corrected chi connectivity index (χ1v) is 7.74. The zero-order valence-corrected chi connectivity index (χ0v) is 12.4. The van der Waals surface area contributed by atoms with E-state index in [2.05, 4.69) is 26.0 Å². The third-order valence-corrected chi connectivity index (χ3v) is 5.03. The molecule has 1 saturated carbocycles. The van der Waals surface area contributed by atoms with Gasteiger partial charge in [0, 0.05) is 17.2 Å². The van der Waals surface area contributed by atoms with Crippen molar-refractivity contribution in [1.29, 1.82) is 0 Å². The van der Waals surface area contributed by atoms with E-state index in [1.54, 1.807) is 11.3 Å². The average molecular weight is 335 g/mol. The molecule has 1 aliphatic rings. The van der Waals surface area contributed by atoms with Gasteiger partial charge in [0.1, 0.15) is 15.3 Å². The van der Waals surface area contributed by atoms with E-state index in [0.717, 1.165) is 26.5 Å². The molecule has 6 heteroatoms. The van der Waals surface area contributed by atoms with Crippen molar-refractivity contribution in [1.82, 2.24) is 14.6 Å². The molecule has 2 heterocycles. The lowest BCUT2D eigenvalue weighted by molar-refractivity contribution is 0.889. The Labute approximate surface area is 122 Å². The van der Waals surface area contributed by atoms with Crippen LogP contribution in [0.4, 0.5) is 5.69 Å². The Kier molecular flexibility index (Phi) is 2.43. The highest BCUT2D eigenvalue weighted by Crippen LogP contribution is 2.43. The van der Waals surface area contributed by atoms with Gasteiger partial charge < -0.3 is 5.73 Å². The smallest absolute Gasteiger partial charge is 0.213 e. The van der Waals surface area contributed by atoms with Gasteiger partial charge in [-0.25, -0.2) is 4.98 Å². The van der Waals surface area contributed by atoms with E-state index in [0.29, 0.717) is 5.92 Å². The summed E-state index contributed by atoms with van der Waals surface area (Å²) in [7, 11) is 0. The van der Waals surface area contributed by atoms with Crippen LogP contribution in [-0.4, -0.2) is 14.6 Å². The highest BCUT2D eigenvalue weighted by atomic mass is 79.9. The summed E-state index contributed by atoms with van der Waals surface area (Å²) in [5.41, 5.74) is 8.48. The standard InChI is InChI=1S/C13H11BrN4S/c14-11-10(8-2-1-3-9(15)6-8)16-13-18(11)17-12(19-13)7-4-5-7/h1-3,6-7H,4-5,15H2. The SMILES string of the molecule is Nc1cccc(-c2nc3sc(C4CC4)nn3c2Br)c1. The molecule has 0 saturated heterocycles. The third kappa shape index (κ3) is 1.86. The highest BCUT2D eigenvalue weighted by molar-refractivity contribution is 9.10. The topological polar surface area (TPSA) is 56.2 Å². The maximum atomic E-state index is 5.82. The molecule has 0 radical (unpaired) electrons. The Morgan fingerprint density at radius 3 is 2.89 bits per heavy atom. The maximum Gasteiger partial charge on any atom is 0.213 e. The van der Waals surface area contributed by atoms with Crippen LogP contribution in [0.2, 0.25) is 0 Å². The van der Waals surface area contributed by atoms with Crippen molar-refractivity contribution in [3.8, 4) is 11.3 Å². The highest BCUT2D eigenvalue weighted by Gasteiger charge is 2.28. The number of nitrogens with zero attached hydrogens (tertiary/aromatic N) is 3. The van der Waals surface area contributed by atoms with Crippen LogP contribution >= 0.6 is 27.3 Å². The van der Waals surface area contributed by atoms with Gasteiger partial charge in [-0.3, -0.25) is 0 Å². The van der Waals surface area contributed by atoms with Gasteiger partial charge in [-0.05, 0) is 40.9 Å². The minimum Gasteiger partial charge on any atom is -0.399 e. The van der Waals surface area contributed by atoms with E-state index in [1.165, 1.54) is 17.8 Å². The molecule has 2 aromatic heterocycles. The molecule has 0 amide bonds. The van der Waals surface area contributed by atoms with E-state index in [-0.39, 0.29) is 0 Å². The van der Waals surface area contributed by atoms with Gasteiger partial charge in [-0.15, -0.1) is 0 Å². The average Bonchev–Trinajstić information content (AvgIpc) is 3.08. The first-order valence-electron chi connectivity index (χ1n) is 6.13. The second-order valence-electron chi connectivity index (χ2n) is 4.79. The molecule has 4 nitrogen and oxygen atoms in total. The zero-order chi connectivity index (χ0) is 13.0. The number of nitrogens with two attached hydrogens (primary N) is 1. The molecule has 0 aliphatic heterocycles. The minimum atomic E-state index is 0.661. The van der Waals surface area contributed by atoms with E-state index in [1.807, 2.05) is 28.8 Å². The monoisotopic (exact) mass is 334 g/mol. The molecule has 0 spiro atoms. The Bertz CT molecular complexity index is 772. The third-order valence-electron chi connectivity index (χ3n) is 3.25. The molecule has 3 aromatic rings. The fourth-order valence-electron chi connectivity index (χ4n) is 2.10. The Hall–Kier alpha value is -1.40. The molecule has 2 N–H and O–H groups in total. The molecular formula is C13H11BrN4S. The number of benzene rings is 1. The number of imidazole rings is 1. The van der Waals surface area contributed by atoms with Gasteiger partial charge >= 0.3 is 0 Å². The number of hydrogen-bond donors (Lipinski definition) is 1. The van der Waals surface area contributed by atoms with Crippen LogP contribution < -0.4 is 5.73 Å². The summed E-state index contributed by atoms with van der Waals surface area (Å²) in [6.07, 6.45) is 2.52. The van der Waals surface area contributed by atoms with Crippen LogP contribution in [0.1, 0.15) is 23.8 Å². The Balaban J connectivity index is 1.86. The predicted molar refractivity (Wildman–Crippen MR) is 80.4 cm³/mol. The van der Waals surface area contributed by atoms with Crippen molar-refractivity contribution >= 4 is 37.9 Å². The molecule has 1 fully saturated rings. The van der Waals surface area contributed by atoms with E-state index >= 15 is 0 Å². The van der Waals surface area contributed by atoms with Gasteiger partial charge in [-0.1, -0.05) is 23.5 Å². The van der Waals surface area contributed by atoms with Crippen molar-refractivity contribution in [2.75, 3.05) is 5.73 Å². The zero-order valence-electron chi connectivity index (χ0n) is 10.0. The van der Waals surface area contributed by atoms with Crippen molar-refractivity contribution in [3.63, 3.8) is 0 Å². The number of fused-ring (bicyclic) bond motifs is 1. The van der Waals surface area contributed by atoms with Gasteiger partial charge in [0.15, 0.2) is 0 Å². The van der Waals surface area contributed by atoms with Crippen molar-refractivity contribution in [2.45, 2.75) is 18.8 Å². The van der Waals surface area contributed by atoms with Gasteiger partial charge in [0.2, 0.25) is 4.96 Å². The second kappa shape index (κ2) is 4.05. The van der Waals surface area contributed by atoms with Crippen LogP contribution in [0.3, 0.4) is 0 Å². The number of nitrogen functional groups attached to an aromatic ring is 1. The summed E-state index contributed by atoms with van der Waals surface area (Å²) < 4.78 is 2.79. The van der Waals surface area contributed by atoms with Crippen LogP contribution in [0.25, 0.3) is 16.2 Å². The van der Waals surface area contributed by atoms with E-state index < -0.39 is 0 Å². The van der Waals surface area contributed by atoms with Crippen molar-refractivity contribution in [2.24, 2.45) is 0 Å². The molecule has 19 heavy (non-hydrogen) atoms. The lowest BCUT2D eigenvalue weighted by Gasteiger charge is -1.99. The summed E-state index contributed by atoms with van der Waals surface area (Å²) in [6.45, 7) is 0. The van der Waals surface area contributed by atoms with Crippen LogP contribution in [0, 0.1) is 0 Å². The summed E-state index contributed by atoms with van der Waals surface area (Å²) in [6, 6.07) is 7.75. The number of hydrogen-bond acceptors (Lipinski definition) is 4. The summed E-state index contributed by atoms with van der Waals surface area (Å²) in [5, 5.41) is 5.83. The summed E-state index contributed by atoms with van der Waals surface area (Å²) in [5.74, 6) is 0.661. The normalized spacial score (nSPS) is 15.2. The van der Waals surface area contributed by atoms with E-state index in [9.17, 15) is 0 Å². The van der Waals surface area contributed by atoms with Crippen molar-refractivity contribution in [3.05, 3.63) is 33.9 Å². The molecular weight excluding hydrogens is 324 g/mol. The number of halogens is 1. The predicted octanol–water partition coefficient (Wildman–Crippen LogP) is 3.68. The fourth-order valence-corrected chi connectivity index (χ4v) is 3.85. The van der Waals surface area contributed by atoms with Gasteiger partial charge in [-0.2, -0.15) is 9.61 Å². The van der Waals surface area contributed by atoms with Crippen molar-refractivity contribution < 1.29 is 0 Å². The minimum absolute atomic E-state index is 0.661. The molecule has 0 atom stereocenters. The lowest BCUT2D eigenvalue weighted by atomic mass is 10.1. The lowest BCUT2D eigenvalue weighted by Crippen LogP contribution is -1.88. The Morgan fingerprint density at radius 2 is 2.21 bits per heavy atom. The summed E-state index contributed by atoms with van der Waals surface area (Å²) >= 11 is 5.28. The van der Waals surface area contributed by atoms with E-state index in [4.69, 9.17) is 5.73 Å². The Morgan fingerprint density at radius 1 is 1.37 bits per heavy atom. The molecule has 96 valence electrons. The first-order chi connectivity index (χ1) is 9.22. The van der Waals surface area contributed by atoms with Gasteiger partial charge in [0.05, 0.1) is 0 Å². The number of anilines is 1. The van der Waals surface area contributed by atoms with Gasteiger partial charge in [0.25, 0.3) is 0 Å². The first kappa shape index (κ1) is 11.4. The maximum absolute atomic E-state index is 5.82. The summed E-state index contributed by atoms with van der Waals surface area (Å²) in [4.78, 5) is 5.61. The molecule has 0 bridgehead atoms. The quantitative estimate of drug-likeness (QED) is 0.727. The number of aromatic nitrogens is 3. The largest absolute Gasteiger partial charge is 0.399 e. The van der Waals surface area contributed by atoms with Crippen LogP contribution in [0.15, 0.2) is 28.9 Å². The molecule has 1 aromatic carbocycles. The van der Waals surface area contributed by atoms with Crippen LogP contribution in [-0.2, 0) is 0 Å². The molecule has 0 unspecified atom stereocenters. The van der Waals surface area contributed by atoms with Crippen LogP contribution in [0.5, 0.6) is 0 Å². The number of rotatable bonds is 2. The second-order valence-corrected chi connectivity index (χ2v) is 6.52. The fraction of sp³-hybridized carbons (Fsp3) is 0.231. The molecule has 4 rings (SSSR count).